The molecule has 0 aromatic heterocycles. The average molecular weight is 224 g/mol. The highest BCUT2D eigenvalue weighted by Gasteiger charge is 2.14. The van der Waals surface area contributed by atoms with Gasteiger partial charge in [0.05, 0.1) is 0 Å². The third-order valence-corrected chi connectivity index (χ3v) is 3.58. The minimum absolute atomic E-state index is 0.646. The van der Waals surface area contributed by atoms with Gasteiger partial charge in [0.1, 0.15) is 7.14 Å². The molecule has 0 saturated carbocycles. The fourth-order valence-electron chi connectivity index (χ4n) is 1.33. The first-order valence-corrected chi connectivity index (χ1v) is 7.41. The maximum absolute atomic E-state index is 12.0. The zero-order chi connectivity index (χ0) is 11.3. The van der Waals surface area contributed by atoms with Crippen molar-refractivity contribution in [1.29, 1.82) is 0 Å². The molecule has 0 saturated heterocycles. The second-order valence-corrected chi connectivity index (χ2v) is 6.86. The first-order chi connectivity index (χ1) is 7.05. The van der Waals surface area contributed by atoms with Crippen LogP contribution in [0, 0.1) is 0 Å². The standard InChI is InChI=1S/C11H17N2OP/c1-15(2,14)11-7-4-3-6-10(11)13-9-5-8-12/h3-8,13H,9,12H2,1-2H3/b8-5+. The summed E-state index contributed by atoms with van der Waals surface area (Å²) in [7, 11) is -2.22. The minimum atomic E-state index is -2.22. The second-order valence-electron chi connectivity index (χ2n) is 3.68. The van der Waals surface area contributed by atoms with Gasteiger partial charge in [-0.1, -0.05) is 12.1 Å². The maximum atomic E-state index is 12.0. The molecule has 3 N–H and O–H groups in total. The van der Waals surface area contributed by atoms with Crippen LogP contribution in [-0.4, -0.2) is 19.9 Å². The molecular weight excluding hydrogens is 207 g/mol. The van der Waals surface area contributed by atoms with E-state index in [1.807, 2.05) is 30.3 Å². The Labute approximate surface area is 90.7 Å². The minimum Gasteiger partial charge on any atom is -0.405 e. The molecule has 0 aliphatic carbocycles. The number of nitrogens with one attached hydrogen (secondary N) is 1. The molecule has 0 heterocycles. The molecule has 82 valence electrons. The largest absolute Gasteiger partial charge is 0.405 e. The molecule has 0 radical (unpaired) electrons. The second kappa shape index (κ2) is 5.04. The number of rotatable bonds is 4. The van der Waals surface area contributed by atoms with Crippen LogP contribution in [0.25, 0.3) is 0 Å². The Balaban J connectivity index is 2.92. The van der Waals surface area contributed by atoms with Crippen LogP contribution in [0.4, 0.5) is 5.69 Å². The van der Waals surface area contributed by atoms with Gasteiger partial charge in [0.15, 0.2) is 0 Å². The Hall–Kier alpha value is -1.21. The summed E-state index contributed by atoms with van der Waals surface area (Å²) in [5.74, 6) is 0. The lowest BCUT2D eigenvalue weighted by atomic mass is 10.3. The Bertz CT molecular complexity index is 395. The van der Waals surface area contributed by atoms with Gasteiger partial charge < -0.3 is 15.6 Å². The van der Waals surface area contributed by atoms with E-state index >= 15 is 0 Å². The van der Waals surface area contributed by atoms with Crippen LogP contribution < -0.4 is 16.4 Å². The molecular formula is C11H17N2OP. The molecule has 4 heteroatoms. The van der Waals surface area contributed by atoms with Gasteiger partial charge >= 0.3 is 0 Å². The molecule has 0 aliphatic rings. The van der Waals surface area contributed by atoms with E-state index in [1.165, 1.54) is 6.20 Å². The van der Waals surface area contributed by atoms with Crippen LogP contribution in [0.15, 0.2) is 36.5 Å². The molecule has 3 nitrogen and oxygen atoms in total. The summed E-state index contributed by atoms with van der Waals surface area (Å²) in [4.78, 5) is 0. The van der Waals surface area contributed by atoms with Crippen molar-refractivity contribution < 1.29 is 4.57 Å². The van der Waals surface area contributed by atoms with E-state index in [9.17, 15) is 4.57 Å². The SMILES string of the molecule is CP(C)(=O)c1ccccc1NC/C=C/N. The summed E-state index contributed by atoms with van der Waals surface area (Å²) in [5.41, 5.74) is 6.16. The summed E-state index contributed by atoms with van der Waals surface area (Å²) in [5, 5.41) is 4.07. The van der Waals surface area contributed by atoms with Gasteiger partial charge in [-0.2, -0.15) is 0 Å². The number of hydrogen-bond donors (Lipinski definition) is 2. The van der Waals surface area contributed by atoms with E-state index < -0.39 is 7.14 Å². The van der Waals surface area contributed by atoms with Crippen molar-refractivity contribution >= 4 is 18.1 Å². The lowest BCUT2D eigenvalue weighted by Crippen LogP contribution is -2.12. The van der Waals surface area contributed by atoms with Crippen molar-refractivity contribution in [3.8, 4) is 0 Å². The lowest BCUT2D eigenvalue weighted by molar-refractivity contribution is 0.588. The first kappa shape index (κ1) is 11.9. The quantitative estimate of drug-likeness (QED) is 0.767. The number of benzene rings is 1. The normalized spacial score (nSPS) is 11.9. The van der Waals surface area contributed by atoms with Crippen molar-refractivity contribution in [2.45, 2.75) is 0 Å². The maximum Gasteiger partial charge on any atom is 0.111 e. The van der Waals surface area contributed by atoms with Crippen molar-refractivity contribution in [2.75, 3.05) is 25.2 Å². The Morgan fingerprint density at radius 3 is 2.67 bits per heavy atom. The molecule has 1 aromatic carbocycles. The van der Waals surface area contributed by atoms with Crippen LogP contribution in [0.5, 0.6) is 0 Å². The highest BCUT2D eigenvalue weighted by atomic mass is 31.2. The van der Waals surface area contributed by atoms with Gasteiger partial charge in [-0.05, 0) is 37.7 Å². The van der Waals surface area contributed by atoms with Crippen LogP contribution in [-0.2, 0) is 4.57 Å². The monoisotopic (exact) mass is 224 g/mol. The molecule has 0 amide bonds. The van der Waals surface area contributed by atoms with Gasteiger partial charge in [-0.15, -0.1) is 0 Å². The smallest absolute Gasteiger partial charge is 0.111 e. The van der Waals surface area contributed by atoms with Crippen molar-refractivity contribution in [1.82, 2.24) is 0 Å². The van der Waals surface area contributed by atoms with Crippen LogP contribution in [0.2, 0.25) is 0 Å². The third-order valence-electron chi connectivity index (χ3n) is 2.03. The highest BCUT2D eigenvalue weighted by molar-refractivity contribution is 7.70. The predicted octanol–water partition coefficient (Wildman–Crippen LogP) is 1.82. The van der Waals surface area contributed by atoms with Crippen molar-refractivity contribution in [3.63, 3.8) is 0 Å². The topological polar surface area (TPSA) is 55.1 Å². The fraction of sp³-hybridized carbons (Fsp3) is 0.273. The fourth-order valence-corrected chi connectivity index (χ4v) is 2.51. The Kier molecular flexibility index (Phi) is 3.98. The van der Waals surface area contributed by atoms with Crippen molar-refractivity contribution in [3.05, 3.63) is 36.5 Å². The number of anilines is 1. The van der Waals surface area contributed by atoms with E-state index in [-0.39, 0.29) is 0 Å². The van der Waals surface area contributed by atoms with Crippen LogP contribution >= 0.6 is 7.14 Å². The molecule has 1 rings (SSSR count). The molecule has 0 atom stereocenters. The van der Waals surface area contributed by atoms with Gasteiger partial charge in [-0.3, -0.25) is 0 Å². The summed E-state index contributed by atoms with van der Waals surface area (Å²) in [6.07, 6.45) is 3.31. The summed E-state index contributed by atoms with van der Waals surface area (Å²) < 4.78 is 12.0. The highest BCUT2D eigenvalue weighted by Crippen LogP contribution is 2.37. The summed E-state index contributed by atoms with van der Waals surface area (Å²) >= 11 is 0. The predicted molar refractivity (Wildman–Crippen MR) is 67.3 cm³/mol. The number of para-hydroxylation sites is 1. The molecule has 0 fully saturated rings. The van der Waals surface area contributed by atoms with E-state index in [4.69, 9.17) is 5.73 Å². The average Bonchev–Trinajstić information content (AvgIpc) is 2.17. The Morgan fingerprint density at radius 2 is 2.07 bits per heavy atom. The molecule has 0 spiro atoms. The zero-order valence-corrected chi connectivity index (χ0v) is 10.00. The van der Waals surface area contributed by atoms with Crippen molar-refractivity contribution in [2.24, 2.45) is 5.73 Å². The zero-order valence-electron chi connectivity index (χ0n) is 9.10. The molecule has 0 aliphatic heterocycles. The number of hydrogen-bond acceptors (Lipinski definition) is 3. The van der Waals surface area contributed by atoms with Crippen LogP contribution in [0.1, 0.15) is 0 Å². The molecule has 15 heavy (non-hydrogen) atoms. The molecule has 0 unspecified atom stereocenters. The first-order valence-electron chi connectivity index (χ1n) is 4.81. The number of nitrogens with two attached hydrogens (primary N) is 1. The van der Waals surface area contributed by atoms with Gasteiger partial charge in [-0.25, -0.2) is 0 Å². The molecule has 1 aromatic rings. The lowest BCUT2D eigenvalue weighted by Gasteiger charge is -2.13. The molecule has 0 bridgehead atoms. The van der Waals surface area contributed by atoms with E-state index in [0.29, 0.717) is 6.54 Å². The Morgan fingerprint density at radius 1 is 1.40 bits per heavy atom. The third kappa shape index (κ3) is 3.45. The van der Waals surface area contributed by atoms with Gasteiger partial charge in [0.2, 0.25) is 0 Å². The van der Waals surface area contributed by atoms with Gasteiger partial charge in [0, 0.05) is 17.5 Å². The van der Waals surface area contributed by atoms with E-state index in [0.717, 1.165) is 11.0 Å². The van der Waals surface area contributed by atoms with Crippen LogP contribution in [0.3, 0.4) is 0 Å². The van der Waals surface area contributed by atoms with E-state index in [2.05, 4.69) is 5.32 Å². The van der Waals surface area contributed by atoms with E-state index in [1.54, 1.807) is 13.3 Å². The summed E-state index contributed by atoms with van der Waals surface area (Å²) in [6, 6.07) is 7.65. The van der Waals surface area contributed by atoms with Gasteiger partial charge in [0.25, 0.3) is 0 Å². The summed E-state index contributed by atoms with van der Waals surface area (Å²) in [6.45, 7) is 4.19.